The number of para-hydroxylation sites is 1. The van der Waals surface area contributed by atoms with Crippen molar-refractivity contribution in [3.05, 3.63) is 65.4 Å². The molecule has 0 N–H and O–H groups in total. The highest BCUT2D eigenvalue weighted by molar-refractivity contribution is 5.96. The van der Waals surface area contributed by atoms with Crippen LogP contribution in [0.1, 0.15) is 21.7 Å². The number of benzene rings is 2. The summed E-state index contributed by atoms with van der Waals surface area (Å²) in [6, 6.07) is 14.1. The molecule has 5 heteroatoms. The van der Waals surface area contributed by atoms with E-state index in [9.17, 15) is 9.59 Å². The molecule has 0 bridgehead atoms. The van der Waals surface area contributed by atoms with Gasteiger partial charge in [-0.3, -0.25) is 4.79 Å². The van der Waals surface area contributed by atoms with E-state index in [0.29, 0.717) is 11.3 Å². The monoisotopic (exact) mass is 324 g/mol. The second-order valence-electron chi connectivity index (χ2n) is 5.34. The molecule has 0 saturated carbocycles. The van der Waals surface area contributed by atoms with Crippen LogP contribution in [0.3, 0.4) is 0 Å². The smallest absolute Gasteiger partial charge is 0.379 e. The number of carbonyl (C=O) groups is 2. The lowest BCUT2D eigenvalue weighted by Gasteiger charge is -2.04. The van der Waals surface area contributed by atoms with Gasteiger partial charge in [-0.15, -0.1) is 0 Å². The van der Waals surface area contributed by atoms with Crippen LogP contribution in [0.25, 0.3) is 11.0 Å². The number of hydrogen-bond donors (Lipinski definition) is 0. The van der Waals surface area contributed by atoms with Gasteiger partial charge in [0.2, 0.25) is 5.76 Å². The molecule has 3 rings (SSSR count). The molecular formula is C19H16O5. The van der Waals surface area contributed by atoms with Crippen molar-refractivity contribution in [2.45, 2.75) is 13.3 Å². The van der Waals surface area contributed by atoms with Crippen molar-refractivity contribution in [3.63, 3.8) is 0 Å². The van der Waals surface area contributed by atoms with Gasteiger partial charge in [0.25, 0.3) is 0 Å². The zero-order chi connectivity index (χ0) is 17.1. The van der Waals surface area contributed by atoms with Crippen molar-refractivity contribution in [2.24, 2.45) is 0 Å². The number of carbonyl (C=O) groups excluding carboxylic acids is 2. The number of rotatable bonds is 4. The first kappa shape index (κ1) is 15.8. The molecule has 2 aromatic carbocycles. The summed E-state index contributed by atoms with van der Waals surface area (Å²) in [5, 5.41) is 0.887. The third kappa shape index (κ3) is 3.15. The molecule has 0 radical (unpaired) electrons. The topological polar surface area (TPSA) is 65.7 Å². The lowest BCUT2D eigenvalue weighted by atomic mass is 10.1. The van der Waals surface area contributed by atoms with Crippen LogP contribution >= 0.6 is 0 Å². The minimum Gasteiger partial charge on any atom is -0.469 e. The van der Waals surface area contributed by atoms with Crippen LogP contribution in [0.2, 0.25) is 0 Å². The van der Waals surface area contributed by atoms with E-state index < -0.39 is 5.97 Å². The zero-order valence-electron chi connectivity index (χ0n) is 13.4. The normalized spacial score (nSPS) is 10.6. The van der Waals surface area contributed by atoms with Crippen LogP contribution in [-0.4, -0.2) is 19.0 Å². The Morgan fingerprint density at radius 1 is 1.04 bits per heavy atom. The van der Waals surface area contributed by atoms with Crippen molar-refractivity contribution in [3.8, 4) is 5.75 Å². The summed E-state index contributed by atoms with van der Waals surface area (Å²) >= 11 is 0. The molecule has 0 unspecified atom stereocenters. The largest absolute Gasteiger partial charge is 0.469 e. The highest BCUT2D eigenvalue weighted by Gasteiger charge is 2.19. The molecular weight excluding hydrogens is 308 g/mol. The molecule has 0 fully saturated rings. The van der Waals surface area contributed by atoms with Gasteiger partial charge in [-0.2, -0.15) is 0 Å². The van der Waals surface area contributed by atoms with Crippen molar-refractivity contribution in [1.29, 1.82) is 0 Å². The first-order valence-electron chi connectivity index (χ1n) is 7.44. The van der Waals surface area contributed by atoms with E-state index in [1.807, 2.05) is 25.1 Å². The van der Waals surface area contributed by atoms with Gasteiger partial charge in [0, 0.05) is 10.9 Å². The number of aryl methyl sites for hydroxylation is 1. The van der Waals surface area contributed by atoms with Crippen LogP contribution in [0, 0.1) is 6.92 Å². The van der Waals surface area contributed by atoms with E-state index >= 15 is 0 Å². The quantitative estimate of drug-likeness (QED) is 0.541. The fourth-order valence-electron chi connectivity index (χ4n) is 2.44. The SMILES string of the molecule is COC(=O)Cc1ccc(OC(=O)c2oc3ccccc3c2C)cc1. The van der Waals surface area contributed by atoms with Gasteiger partial charge in [0.05, 0.1) is 13.5 Å². The number of furan rings is 1. The molecule has 0 aliphatic rings. The Labute approximate surface area is 138 Å². The van der Waals surface area contributed by atoms with Crippen LogP contribution < -0.4 is 4.74 Å². The minimum atomic E-state index is -0.551. The number of fused-ring (bicyclic) bond motifs is 1. The van der Waals surface area contributed by atoms with Gasteiger partial charge < -0.3 is 13.9 Å². The maximum absolute atomic E-state index is 12.3. The number of methoxy groups -OCH3 is 1. The van der Waals surface area contributed by atoms with Crippen molar-refractivity contribution in [2.75, 3.05) is 7.11 Å². The molecule has 1 aromatic heterocycles. The van der Waals surface area contributed by atoms with Gasteiger partial charge in [0.15, 0.2) is 0 Å². The summed E-state index contributed by atoms with van der Waals surface area (Å²) in [6.07, 6.45) is 0.174. The van der Waals surface area contributed by atoms with Crippen molar-refractivity contribution >= 4 is 22.9 Å². The number of hydrogen-bond acceptors (Lipinski definition) is 5. The molecule has 24 heavy (non-hydrogen) atoms. The second-order valence-corrected chi connectivity index (χ2v) is 5.34. The third-order valence-corrected chi connectivity index (χ3v) is 3.74. The summed E-state index contributed by atoms with van der Waals surface area (Å²) in [7, 11) is 1.34. The van der Waals surface area contributed by atoms with E-state index in [1.54, 1.807) is 30.3 Å². The molecule has 0 aliphatic carbocycles. The van der Waals surface area contributed by atoms with Crippen LogP contribution in [0.4, 0.5) is 0 Å². The molecule has 0 atom stereocenters. The third-order valence-electron chi connectivity index (χ3n) is 3.74. The minimum absolute atomic E-state index is 0.174. The molecule has 5 nitrogen and oxygen atoms in total. The summed E-state index contributed by atoms with van der Waals surface area (Å²) < 4.78 is 15.5. The van der Waals surface area contributed by atoms with Crippen LogP contribution in [0.5, 0.6) is 5.75 Å². The van der Waals surface area contributed by atoms with E-state index in [2.05, 4.69) is 4.74 Å². The van der Waals surface area contributed by atoms with Gasteiger partial charge in [-0.05, 0) is 30.7 Å². The molecule has 0 aliphatic heterocycles. The van der Waals surface area contributed by atoms with Crippen molar-refractivity contribution in [1.82, 2.24) is 0 Å². The lowest BCUT2D eigenvalue weighted by molar-refractivity contribution is -0.139. The van der Waals surface area contributed by atoms with Gasteiger partial charge in [-0.25, -0.2) is 4.79 Å². The summed E-state index contributed by atoms with van der Waals surface area (Å²) in [6.45, 7) is 1.82. The van der Waals surface area contributed by atoms with Crippen LogP contribution in [-0.2, 0) is 16.0 Å². The number of esters is 2. The summed E-state index contributed by atoms with van der Waals surface area (Å²) in [5.74, 6) is -0.301. The first-order valence-corrected chi connectivity index (χ1v) is 7.44. The first-order chi connectivity index (χ1) is 11.6. The Balaban J connectivity index is 1.76. The molecule has 0 amide bonds. The molecule has 122 valence electrons. The van der Waals surface area contributed by atoms with E-state index in [-0.39, 0.29) is 18.2 Å². The van der Waals surface area contributed by atoms with Gasteiger partial charge in [-0.1, -0.05) is 30.3 Å². The van der Waals surface area contributed by atoms with Gasteiger partial charge >= 0.3 is 11.9 Å². The zero-order valence-corrected chi connectivity index (χ0v) is 13.4. The number of ether oxygens (including phenoxy) is 2. The fraction of sp³-hybridized carbons (Fsp3) is 0.158. The Hall–Kier alpha value is -3.08. The van der Waals surface area contributed by atoms with E-state index in [1.165, 1.54) is 7.11 Å². The maximum atomic E-state index is 12.3. The second kappa shape index (κ2) is 6.58. The summed E-state index contributed by atoms with van der Waals surface area (Å²) in [4.78, 5) is 23.6. The highest BCUT2D eigenvalue weighted by Crippen LogP contribution is 2.26. The lowest BCUT2D eigenvalue weighted by Crippen LogP contribution is -2.09. The average molecular weight is 324 g/mol. The van der Waals surface area contributed by atoms with Crippen molar-refractivity contribution < 1.29 is 23.5 Å². The Kier molecular flexibility index (Phi) is 4.33. The Morgan fingerprint density at radius 3 is 2.42 bits per heavy atom. The Morgan fingerprint density at radius 2 is 1.75 bits per heavy atom. The molecule has 0 saturated heterocycles. The average Bonchev–Trinajstić information content (AvgIpc) is 2.94. The highest BCUT2D eigenvalue weighted by atomic mass is 16.5. The van der Waals surface area contributed by atoms with E-state index in [4.69, 9.17) is 9.15 Å². The molecule has 0 spiro atoms. The van der Waals surface area contributed by atoms with E-state index in [0.717, 1.165) is 16.5 Å². The molecule has 3 aromatic rings. The van der Waals surface area contributed by atoms with Gasteiger partial charge in [0.1, 0.15) is 11.3 Å². The fourth-order valence-corrected chi connectivity index (χ4v) is 2.44. The predicted octanol–water partition coefficient (Wildman–Crippen LogP) is 3.68. The summed E-state index contributed by atoms with van der Waals surface area (Å²) in [5.41, 5.74) is 2.18. The maximum Gasteiger partial charge on any atom is 0.379 e. The standard InChI is InChI=1S/C19H16O5/c1-12-15-5-3-4-6-16(15)24-18(12)19(21)23-14-9-7-13(8-10-14)11-17(20)22-2/h3-10H,11H2,1-2H3. The molecule has 1 heterocycles. The van der Waals surface area contributed by atoms with Crippen LogP contribution in [0.15, 0.2) is 52.9 Å². The Bertz CT molecular complexity index is 890. The predicted molar refractivity (Wildman–Crippen MR) is 88.1 cm³/mol.